The first-order chi connectivity index (χ1) is 17.3. The first kappa shape index (κ1) is 28.2. The Kier molecular flexibility index (Phi) is 10.8. The molecule has 36 heavy (non-hydrogen) atoms. The minimum atomic E-state index is -4.01. The number of carbonyl (C=O) groups is 1. The summed E-state index contributed by atoms with van der Waals surface area (Å²) in [6.07, 6.45) is 12.6. The number of rotatable bonds is 6. The van der Waals surface area contributed by atoms with Crippen LogP contribution in [0.3, 0.4) is 0 Å². The van der Waals surface area contributed by atoms with Crippen molar-refractivity contribution in [3.8, 4) is 0 Å². The van der Waals surface area contributed by atoms with Gasteiger partial charge < -0.3 is 0 Å². The van der Waals surface area contributed by atoms with E-state index in [1.165, 1.54) is 44.9 Å². The van der Waals surface area contributed by atoms with Gasteiger partial charge in [0.1, 0.15) is 6.54 Å². The van der Waals surface area contributed by atoms with Gasteiger partial charge in [0, 0.05) is 10.7 Å². The molecule has 0 saturated heterocycles. The van der Waals surface area contributed by atoms with Crippen LogP contribution >= 0.6 is 11.6 Å². The molecule has 0 atom stereocenters. The van der Waals surface area contributed by atoms with Crippen molar-refractivity contribution in [1.82, 2.24) is 5.43 Å². The monoisotopic (exact) mass is 531 g/mol. The number of nitrogens with one attached hydrogen (secondary N) is 1. The summed E-state index contributed by atoms with van der Waals surface area (Å²) in [5.74, 6) is -0.483. The summed E-state index contributed by atoms with van der Waals surface area (Å²) in [5.41, 5.74) is 5.65. The molecule has 1 fully saturated rings. The fourth-order valence-electron chi connectivity index (χ4n) is 4.43. The second kappa shape index (κ2) is 13.8. The zero-order valence-electron chi connectivity index (χ0n) is 21.4. The maximum Gasteiger partial charge on any atom is 0.264 e. The van der Waals surface area contributed by atoms with Crippen molar-refractivity contribution in [1.29, 1.82) is 0 Å². The standard InChI is InChI=1S/C28H38ClN3O3S/c1-22-14-18-26(19-15-22)36(34,35)32(27-20-24(29)17-16-23(27)2)21-28(33)31-30-25-12-10-8-6-4-3-5-7-9-11-13-25/h14-20H,3-13,21H2,1-2H3,(H,31,33). The molecular weight excluding hydrogens is 494 g/mol. The van der Waals surface area contributed by atoms with Gasteiger partial charge >= 0.3 is 0 Å². The van der Waals surface area contributed by atoms with Gasteiger partial charge in [-0.25, -0.2) is 13.8 Å². The topological polar surface area (TPSA) is 78.8 Å². The summed E-state index contributed by atoms with van der Waals surface area (Å²) in [5, 5.41) is 4.83. The molecule has 0 spiro atoms. The molecule has 0 aliphatic heterocycles. The molecule has 6 nitrogen and oxygen atoms in total. The van der Waals surface area contributed by atoms with Gasteiger partial charge in [0.05, 0.1) is 10.6 Å². The van der Waals surface area contributed by atoms with Crippen LogP contribution in [0.15, 0.2) is 52.5 Å². The first-order valence-electron chi connectivity index (χ1n) is 13.0. The van der Waals surface area contributed by atoms with E-state index >= 15 is 0 Å². The number of amides is 1. The van der Waals surface area contributed by atoms with Crippen LogP contribution in [-0.4, -0.2) is 26.6 Å². The van der Waals surface area contributed by atoms with Crippen LogP contribution in [0.2, 0.25) is 5.02 Å². The summed E-state index contributed by atoms with van der Waals surface area (Å²) in [4.78, 5) is 13.1. The third kappa shape index (κ3) is 8.34. The van der Waals surface area contributed by atoms with Gasteiger partial charge in [0.15, 0.2) is 0 Å². The minimum Gasteiger partial charge on any atom is -0.271 e. The van der Waals surface area contributed by atoms with Gasteiger partial charge in [-0.15, -0.1) is 0 Å². The molecule has 2 aromatic rings. The van der Waals surface area contributed by atoms with Gasteiger partial charge in [-0.1, -0.05) is 80.3 Å². The zero-order valence-corrected chi connectivity index (χ0v) is 23.0. The van der Waals surface area contributed by atoms with E-state index in [-0.39, 0.29) is 4.90 Å². The van der Waals surface area contributed by atoms with E-state index in [0.29, 0.717) is 16.3 Å². The van der Waals surface area contributed by atoms with E-state index in [1.54, 1.807) is 49.4 Å². The highest BCUT2D eigenvalue weighted by atomic mass is 35.5. The average molecular weight is 532 g/mol. The SMILES string of the molecule is Cc1ccc(S(=O)(=O)N(CC(=O)NN=C2CCCCCCCCCCC2)c2cc(Cl)ccc2C)cc1. The lowest BCUT2D eigenvalue weighted by molar-refractivity contribution is -0.119. The quantitative estimate of drug-likeness (QED) is 0.410. The Morgan fingerprint density at radius 2 is 1.44 bits per heavy atom. The normalized spacial score (nSPS) is 15.9. The molecule has 1 saturated carbocycles. The lowest BCUT2D eigenvalue weighted by Gasteiger charge is -2.25. The minimum absolute atomic E-state index is 0.117. The van der Waals surface area contributed by atoms with Crippen LogP contribution in [0, 0.1) is 13.8 Å². The lowest BCUT2D eigenvalue weighted by atomic mass is 10.00. The van der Waals surface area contributed by atoms with E-state index in [0.717, 1.165) is 41.3 Å². The summed E-state index contributed by atoms with van der Waals surface area (Å²) >= 11 is 6.21. The largest absolute Gasteiger partial charge is 0.271 e. The number of nitrogens with zero attached hydrogens (tertiary/aromatic N) is 2. The Morgan fingerprint density at radius 3 is 2.03 bits per heavy atom. The Bertz CT molecular complexity index is 1130. The molecular formula is C28H38ClN3O3S. The number of aryl methyl sites for hydroxylation is 2. The molecule has 0 radical (unpaired) electrons. The van der Waals surface area contributed by atoms with E-state index in [4.69, 9.17) is 11.6 Å². The number of hydrogen-bond donors (Lipinski definition) is 1. The van der Waals surface area contributed by atoms with E-state index in [2.05, 4.69) is 10.5 Å². The van der Waals surface area contributed by atoms with E-state index in [9.17, 15) is 13.2 Å². The number of carbonyl (C=O) groups excluding carboxylic acids is 1. The lowest BCUT2D eigenvalue weighted by Crippen LogP contribution is -2.40. The predicted molar refractivity (Wildman–Crippen MR) is 148 cm³/mol. The van der Waals surface area contributed by atoms with E-state index < -0.39 is 22.5 Å². The van der Waals surface area contributed by atoms with Crippen LogP contribution in [0.5, 0.6) is 0 Å². The van der Waals surface area contributed by atoms with Gasteiger partial charge in [0.2, 0.25) is 0 Å². The van der Waals surface area contributed by atoms with Crippen LogP contribution in [-0.2, 0) is 14.8 Å². The third-order valence-electron chi connectivity index (χ3n) is 6.61. The van der Waals surface area contributed by atoms with Gasteiger partial charge in [-0.3, -0.25) is 9.10 Å². The van der Waals surface area contributed by atoms with Crippen molar-refractivity contribution in [3.63, 3.8) is 0 Å². The third-order valence-corrected chi connectivity index (χ3v) is 8.61. The molecule has 196 valence electrons. The summed E-state index contributed by atoms with van der Waals surface area (Å²) in [6.45, 7) is 3.30. The maximum atomic E-state index is 13.6. The second-order valence-corrected chi connectivity index (χ2v) is 11.9. The molecule has 1 amide bonds. The summed E-state index contributed by atoms with van der Waals surface area (Å²) in [6, 6.07) is 11.6. The average Bonchev–Trinajstić information content (AvgIpc) is 2.84. The molecule has 1 N–H and O–H groups in total. The Balaban J connectivity index is 1.80. The fourth-order valence-corrected chi connectivity index (χ4v) is 6.07. The van der Waals surface area contributed by atoms with Gasteiger partial charge in [0.25, 0.3) is 15.9 Å². The van der Waals surface area contributed by atoms with E-state index in [1.807, 2.05) is 6.92 Å². The van der Waals surface area contributed by atoms with Crippen molar-refractivity contribution in [3.05, 3.63) is 58.6 Å². The fraction of sp³-hybridized carbons (Fsp3) is 0.500. The second-order valence-electron chi connectivity index (χ2n) is 9.65. The first-order valence-corrected chi connectivity index (χ1v) is 14.8. The molecule has 3 rings (SSSR count). The van der Waals surface area contributed by atoms with Crippen LogP contribution in [0.4, 0.5) is 5.69 Å². The molecule has 1 aliphatic rings. The number of hydrazone groups is 1. The van der Waals surface area contributed by atoms with Crippen LogP contribution in [0.1, 0.15) is 81.8 Å². The Labute approximate surface area is 221 Å². The molecule has 2 aromatic carbocycles. The van der Waals surface area contributed by atoms with Crippen molar-refractivity contribution in [2.45, 2.75) is 89.4 Å². The molecule has 0 bridgehead atoms. The van der Waals surface area contributed by atoms with Crippen LogP contribution < -0.4 is 9.73 Å². The van der Waals surface area contributed by atoms with Crippen LogP contribution in [0.25, 0.3) is 0 Å². The van der Waals surface area contributed by atoms with Crippen molar-refractivity contribution in [2.24, 2.45) is 5.10 Å². The molecule has 0 unspecified atom stereocenters. The molecule has 8 heteroatoms. The predicted octanol–water partition coefficient (Wildman–Crippen LogP) is 6.93. The number of sulfonamides is 1. The number of hydrogen-bond acceptors (Lipinski definition) is 4. The molecule has 0 aromatic heterocycles. The smallest absolute Gasteiger partial charge is 0.264 e. The Hall–Kier alpha value is -2.38. The van der Waals surface area contributed by atoms with Crippen molar-refractivity contribution < 1.29 is 13.2 Å². The summed E-state index contributed by atoms with van der Waals surface area (Å²) in [7, 11) is -4.01. The highest BCUT2D eigenvalue weighted by Crippen LogP contribution is 2.29. The zero-order chi connectivity index (χ0) is 26.0. The summed E-state index contributed by atoms with van der Waals surface area (Å²) < 4.78 is 28.4. The molecule has 0 heterocycles. The van der Waals surface area contributed by atoms with Gasteiger partial charge in [-0.05, 0) is 69.4 Å². The Morgan fingerprint density at radius 1 is 0.889 bits per heavy atom. The van der Waals surface area contributed by atoms with Crippen molar-refractivity contribution >= 4 is 38.9 Å². The number of benzene rings is 2. The number of anilines is 1. The maximum absolute atomic E-state index is 13.6. The van der Waals surface area contributed by atoms with Gasteiger partial charge in [-0.2, -0.15) is 5.10 Å². The molecule has 1 aliphatic carbocycles. The highest BCUT2D eigenvalue weighted by molar-refractivity contribution is 7.92. The highest BCUT2D eigenvalue weighted by Gasteiger charge is 2.28. The van der Waals surface area contributed by atoms with Crippen molar-refractivity contribution in [2.75, 3.05) is 10.8 Å². The number of halogens is 1.